The van der Waals surface area contributed by atoms with Crippen LogP contribution in [0.4, 0.5) is 0 Å². The van der Waals surface area contributed by atoms with E-state index in [-0.39, 0.29) is 23.3 Å². The highest BCUT2D eigenvalue weighted by Gasteiger charge is 2.30. The molecule has 0 spiro atoms. The molecule has 8 nitrogen and oxygen atoms in total. The average molecular weight is 400 g/mol. The van der Waals surface area contributed by atoms with Gasteiger partial charge in [-0.3, -0.25) is 19.8 Å². The van der Waals surface area contributed by atoms with Crippen LogP contribution in [0.3, 0.4) is 0 Å². The van der Waals surface area contributed by atoms with Gasteiger partial charge in [-0.2, -0.15) is 0 Å². The standard InChI is InChI=1S/C21H28N4O4/c1-10(2)28-14-7-8-15(16(9-14)29-11(3)4)19(17-12(5)22-24-20(17)26)18-13(6)23-25-21(18)27/h7-11,19H,1-6H3,(H2,22,24,26)(H2,23,25,27). The molecule has 0 amide bonds. The van der Waals surface area contributed by atoms with Crippen molar-refractivity contribution in [3.8, 4) is 11.5 Å². The molecule has 2 aromatic heterocycles. The number of nitrogens with one attached hydrogen (secondary N) is 4. The predicted molar refractivity (Wildman–Crippen MR) is 111 cm³/mol. The van der Waals surface area contributed by atoms with Crippen molar-refractivity contribution in [3.63, 3.8) is 0 Å². The number of aryl methyl sites for hydroxylation is 2. The number of hydrogen-bond donors (Lipinski definition) is 4. The first-order chi connectivity index (χ1) is 13.7. The van der Waals surface area contributed by atoms with E-state index in [1.54, 1.807) is 13.8 Å². The summed E-state index contributed by atoms with van der Waals surface area (Å²) in [6.07, 6.45) is -0.0898. The van der Waals surface area contributed by atoms with Gasteiger partial charge in [-0.05, 0) is 47.6 Å². The lowest BCUT2D eigenvalue weighted by molar-refractivity contribution is 0.227. The Balaban J connectivity index is 2.28. The van der Waals surface area contributed by atoms with Gasteiger partial charge in [0.1, 0.15) is 11.5 Å². The van der Waals surface area contributed by atoms with Gasteiger partial charge in [0.25, 0.3) is 11.1 Å². The third-order valence-electron chi connectivity index (χ3n) is 4.63. The van der Waals surface area contributed by atoms with Gasteiger partial charge < -0.3 is 19.7 Å². The largest absolute Gasteiger partial charge is 0.491 e. The van der Waals surface area contributed by atoms with Crippen molar-refractivity contribution >= 4 is 0 Å². The Morgan fingerprint density at radius 2 is 1.28 bits per heavy atom. The fourth-order valence-electron chi connectivity index (χ4n) is 3.52. The number of H-pyrrole nitrogens is 4. The Bertz CT molecular complexity index is 1050. The number of ether oxygens (including phenoxy) is 2. The van der Waals surface area contributed by atoms with Gasteiger partial charge in [-0.15, -0.1) is 0 Å². The first-order valence-electron chi connectivity index (χ1n) is 9.70. The topological polar surface area (TPSA) is 116 Å². The van der Waals surface area contributed by atoms with Crippen LogP contribution in [0.1, 0.15) is 61.7 Å². The van der Waals surface area contributed by atoms with Crippen LogP contribution in [0.15, 0.2) is 27.8 Å². The van der Waals surface area contributed by atoms with Crippen LogP contribution in [-0.4, -0.2) is 32.6 Å². The summed E-state index contributed by atoms with van der Waals surface area (Å²) in [7, 11) is 0. The van der Waals surface area contributed by atoms with Gasteiger partial charge in [0, 0.05) is 23.0 Å². The Morgan fingerprint density at radius 1 is 0.759 bits per heavy atom. The predicted octanol–water partition coefficient (Wildman–Crippen LogP) is 3.09. The monoisotopic (exact) mass is 400 g/mol. The lowest BCUT2D eigenvalue weighted by Crippen LogP contribution is -2.21. The molecule has 0 atom stereocenters. The number of aromatic nitrogens is 4. The third kappa shape index (κ3) is 4.16. The average Bonchev–Trinajstić information content (AvgIpc) is 3.12. The van der Waals surface area contributed by atoms with Crippen molar-refractivity contribution in [2.45, 2.75) is 59.7 Å². The zero-order valence-corrected chi connectivity index (χ0v) is 17.6. The minimum Gasteiger partial charge on any atom is -0.491 e. The van der Waals surface area contributed by atoms with Gasteiger partial charge in [0.15, 0.2) is 0 Å². The van der Waals surface area contributed by atoms with E-state index in [0.717, 1.165) is 5.56 Å². The van der Waals surface area contributed by atoms with E-state index in [9.17, 15) is 9.59 Å². The zero-order valence-electron chi connectivity index (χ0n) is 17.6. The van der Waals surface area contributed by atoms with Crippen molar-refractivity contribution in [2.24, 2.45) is 0 Å². The first-order valence-corrected chi connectivity index (χ1v) is 9.70. The van der Waals surface area contributed by atoms with Crippen molar-refractivity contribution in [1.82, 2.24) is 20.4 Å². The molecule has 2 heterocycles. The number of aromatic amines is 4. The molecule has 0 radical (unpaired) electrons. The molecule has 156 valence electrons. The van der Waals surface area contributed by atoms with Crippen LogP contribution in [-0.2, 0) is 0 Å². The Morgan fingerprint density at radius 3 is 1.69 bits per heavy atom. The molecule has 0 bridgehead atoms. The van der Waals surface area contributed by atoms with Crippen LogP contribution < -0.4 is 20.6 Å². The molecular formula is C21H28N4O4. The molecule has 0 aliphatic carbocycles. The maximum Gasteiger partial charge on any atom is 0.268 e. The second-order valence-electron chi connectivity index (χ2n) is 7.70. The molecule has 0 unspecified atom stereocenters. The van der Waals surface area contributed by atoms with Crippen LogP contribution in [0, 0.1) is 13.8 Å². The highest BCUT2D eigenvalue weighted by Crippen LogP contribution is 2.39. The second kappa shape index (κ2) is 8.06. The molecule has 0 saturated heterocycles. The smallest absolute Gasteiger partial charge is 0.268 e. The number of hydrogen-bond acceptors (Lipinski definition) is 4. The van der Waals surface area contributed by atoms with Crippen molar-refractivity contribution in [3.05, 3.63) is 67.0 Å². The molecule has 0 fully saturated rings. The van der Waals surface area contributed by atoms with E-state index in [1.165, 1.54) is 0 Å². The molecule has 1 aromatic carbocycles. The SMILES string of the molecule is Cc1[nH][nH]c(=O)c1C(c1ccc(OC(C)C)cc1OC(C)C)c1c(C)[nH][nH]c1=O. The summed E-state index contributed by atoms with van der Waals surface area (Å²) in [4.78, 5) is 25.3. The van der Waals surface area contributed by atoms with E-state index in [4.69, 9.17) is 9.47 Å². The molecule has 29 heavy (non-hydrogen) atoms. The Kier molecular flexibility index (Phi) is 5.72. The summed E-state index contributed by atoms with van der Waals surface area (Å²) < 4.78 is 11.9. The number of rotatable bonds is 7. The molecule has 0 saturated carbocycles. The molecule has 4 N–H and O–H groups in total. The quantitative estimate of drug-likeness (QED) is 0.488. The first kappa shape index (κ1) is 20.6. The van der Waals surface area contributed by atoms with Gasteiger partial charge >= 0.3 is 0 Å². The summed E-state index contributed by atoms with van der Waals surface area (Å²) >= 11 is 0. The molecular weight excluding hydrogens is 372 g/mol. The third-order valence-corrected chi connectivity index (χ3v) is 4.63. The minimum atomic E-state index is -0.609. The number of benzene rings is 1. The van der Waals surface area contributed by atoms with E-state index in [0.29, 0.717) is 34.0 Å². The van der Waals surface area contributed by atoms with Crippen molar-refractivity contribution < 1.29 is 9.47 Å². The van der Waals surface area contributed by atoms with Crippen LogP contribution >= 0.6 is 0 Å². The van der Waals surface area contributed by atoms with E-state index in [2.05, 4.69) is 20.4 Å². The van der Waals surface area contributed by atoms with Gasteiger partial charge in [-0.25, -0.2) is 0 Å². The molecule has 0 aliphatic rings. The fraction of sp³-hybridized carbons (Fsp3) is 0.429. The van der Waals surface area contributed by atoms with Crippen molar-refractivity contribution in [2.75, 3.05) is 0 Å². The molecule has 0 aliphatic heterocycles. The van der Waals surface area contributed by atoms with Crippen LogP contribution in [0.25, 0.3) is 0 Å². The lowest BCUT2D eigenvalue weighted by Gasteiger charge is -2.22. The lowest BCUT2D eigenvalue weighted by atomic mass is 9.84. The fourth-order valence-corrected chi connectivity index (χ4v) is 3.52. The van der Waals surface area contributed by atoms with Crippen molar-refractivity contribution in [1.29, 1.82) is 0 Å². The van der Waals surface area contributed by atoms with E-state index >= 15 is 0 Å². The Hall–Kier alpha value is -3.16. The molecule has 8 heteroatoms. The minimum absolute atomic E-state index is 0.00747. The molecule has 3 rings (SSSR count). The summed E-state index contributed by atoms with van der Waals surface area (Å²) in [5.74, 6) is 0.627. The molecule has 3 aromatic rings. The highest BCUT2D eigenvalue weighted by atomic mass is 16.5. The van der Waals surface area contributed by atoms with Gasteiger partial charge in [0.05, 0.1) is 29.3 Å². The van der Waals surface area contributed by atoms with Crippen LogP contribution in [0.5, 0.6) is 11.5 Å². The van der Waals surface area contributed by atoms with Gasteiger partial charge in [-0.1, -0.05) is 6.07 Å². The Labute approximate surface area is 168 Å². The summed E-state index contributed by atoms with van der Waals surface area (Å²) in [5.41, 5.74) is 2.46. The summed E-state index contributed by atoms with van der Waals surface area (Å²) in [6, 6.07) is 5.51. The maximum atomic E-state index is 12.6. The summed E-state index contributed by atoms with van der Waals surface area (Å²) in [6.45, 7) is 11.4. The summed E-state index contributed by atoms with van der Waals surface area (Å²) in [5, 5.41) is 11.0. The normalized spacial score (nSPS) is 11.6. The zero-order chi connectivity index (χ0) is 21.3. The van der Waals surface area contributed by atoms with E-state index in [1.807, 2.05) is 45.9 Å². The maximum absolute atomic E-state index is 12.6. The highest BCUT2D eigenvalue weighted by molar-refractivity contribution is 5.52. The van der Waals surface area contributed by atoms with Gasteiger partial charge in [0.2, 0.25) is 0 Å². The second-order valence-corrected chi connectivity index (χ2v) is 7.70. The van der Waals surface area contributed by atoms with Crippen LogP contribution in [0.2, 0.25) is 0 Å². The van der Waals surface area contributed by atoms with E-state index < -0.39 is 5.92 Å².